The molecule has 0 aromatic heterocycles. The van der Waals surface area contributed by atoms with Gasteiger partial charge in [0.1, 0.15) is 12.5 Å². The number of hydrogen-bond donors (Lipinski definition) is 0. The van der Waals surface area contributed by atoms with Gasteiger partial charge >= 0.3 is 0 Å². The van der Waals surface area contributed by atoms with Gasteiger partial charge in [-0.15, -0.1) is 0 Å². The van der Waals surface area contributed by atoms with Crippen molar-refractivity contribution in [2.45, 2.75) is 13.6 Å². The van der Waals surface area contributed by atoms with Crippen molar-refractivity contribution in [2.24, 2.45) is 0 Å². The molecule has 0 bridgehead atoms. The normalized spacial score (nSPS) is 10.2. The van der Waals surface area contributed by atoms with Crippen LogP contribution in [0.5, 0.6) is 0 Å². The maximum atomic E-state index is 12.5. The van der Waals surface area contributed by atoms with Crippen LogP contribution in [-0.2, 0) is 6.67 Å². The van der Waals surface area contributed by atoms with Crippen LogP contribution in [0.15, 0.2) is 12.1 Å². The third-order valence-electron chi connectivity index (χ3n) is 1.56. The molecule has 0 saturated heterocycles. The predicted octanol–water partition coefficient (Wildman–Crippen LogP) is 3.26. The molecule has 0 unspecified atom stereocenters. The lowest BCUT2D eigenvalue weighted by Gasteiger charge is -2.02. The topological polar surface area (TPSA) is 0 Å². The third kappa shape index (κ3) is 1.69. The third-order valence-corrected chi connectivity index (χ3v) is 1.95. The number of halogens is 3. The van der Waals surface area contributed by atoms with Crippen molar-refractivity contribution in [3.05, 3.63) is 34.1 Å². The first-order chi connectivity index (χ1) is 5.15. The summed E-state index contributed by atoms with van der Waals surface area (Å²) < 4.78 is 24.7. The summed E-state index contributed by atoms with van der Waals surface area (Å²) in [6.45, 7) is 0.986. The van der Waals surface area contributed by atoms with Gasteiger partial charge in [-0.2, -0.15) is 0 Å². The fraction of sp³-hybridized carbons (Fsp3) is 0.250. The molecule has 1 rings (SSSR count). The molecule has 1 aromatic carbocycles. The summed E-state index contributed by atoms with van der Waals surface area (Å²) >= 11 is 5.59. The Bertz CT molecular complexity index is 271. The van der Waals surface area contributed by atoms with Crippen molar-refractivity contribution < 1.29 is 8.78 Å². The Morgan fingerprint density at radius 3 is 2.64 bits per heavy atom. The zero-order valence-corrected chi connectivity index (χ0v) is 6.75. The van der Waals surface area contributed by atoms with Crippen molar-refractivity contribution in [1.82, 2.24) is 0 Å². The molecule has 0 atom stereocenters. The van der Waals surface area contributed by atoms with Crippen molar-refractivity contribution in [1.29, 1.82) is 0 Å². The lowest BCUT2D eigenvalue weighted by Crippen LogP contribution is -1.88. The average molecular weight is 177 g/mol. The van der Waals surface area contributed by atoms with Gasteiger partial charge in [-0.25, -0.2) is 8.78 Å². The molecule has 0 amide bonds. The molecular formula is C8H7ClF2. The first-order valence-corrected chi connectivity index (χ1v) is 3.53. The lowest BCUT2D eigenvalue weighted by atomic mass is 10.1. The van der Waals surface area contributed by atoms with E-state index < -0.39 is 12.5 Å². The second-order valence-electron chi connectivity index (χ2n) is 2.31. The largest absolute Gasteiger partial charge is 0.246 e. The Hall–Kier alpha value is -0.630. The van der Waals surface area contributed by atoms with E-state index >= 15 is 0 Å². The van der Waals surface area contributed by atoms with Crippen molar-refractivity contribution >= 4 is 11.6 Å². The molecule has 1 aromatic rings. The van der Waals surface area contributed by atoms with Crippen LogP contribution in [0.2, 0.25) is 5.02 Å². The Kier molecular flexibility index (Phi) is 2.45. The molecule has 0 heterocycles. The van der Waals surface area contributed by atoms with E-state index in [0.717, 1.165) is 6.07 Å². The van der Waals surface area contributed by atoms with Crippen LogP contribution in [-0.4, -0.2) is 0 Å². The predicted molar refractivity (Wildman–Crippen MR) is 41.0 cm³/mol. The molecular weight excluding hydrogens is 170 g/mol. The smallest absolute Gasteiger partial charge is 0.125 e. The van der Waals surface area contributed by atoms with E-state index in [0.29, 0.717) is 11.1 Å². The van der Waals surface area contributed by atoms with Crippen LogP contribution in [0, 0.1) is 12.7 Å². The summed E-state index contributed by atoms with van der Waals surface area (Å²) in [5.74, 6) is -0.492. The number of benzene rings is 1. The summed E-state index contributed by atoms with van der Waals surface area (Å²) in [5.41, 5.74) is 0.922. The highest BCUT2D eigenvalue weighted by Crippen LogP contribution is 2.21. The first-order valence-electron chi connectivity index (χ1n) is 3.15. The van der Waals surface area contributed by atoms with Crippen LogP contribution in [0.4, 0.5) is 8.78 Å². The number of rotatable bonds is 1. The van der Waals surface area contributed by atoms with Gasteiger partial charge in [0.05, 0.1) is 0 Å². The van der Waals surface area contributed by atoms with Gasteiger partial charge in [-0.05, 0) is 30.2 Å². The minimum atomic E-state index is -0.677. The van der Waals surface area contributed by atoms with Crippen molar-refractivity contribution in [2.75, 3.05) is 0 Å². The maximum Gasteiger partial charge on any atom is 0.125 e. The van der Waals surface area contributed by atoms with Crippen LogP contribution < -0.4 is 0 Å². The molecule has 11 heavy (non-hydrogen) atoms. The van der Waals surface area contributed by atoms with Gasteiger partial charge in [0.15, 0.2) is 0 Å². The van der Waals surface area contributed by atoms with E-state index in [1.54, 1.807) is 6.92 Å². The number of alkyl halides is 1. The molecule has 0 spiro atoms. The van der Waals surface area contributed by atoms with E-state index in [4.69, 9.17) is 11.6 Å². The fourth-order valence-corrected chi connectivity index (χ4v) is 1.06. The first kappa shape index (κ1) is 8.47. The Morgan fingerprint density at radius 2 is 2.09 bits per heavy atom. The van der Waals surface area contributed by atoms with Gasteiger partial charge in [0, 0.05) is 5.02 Å². The van der Waals surface area contributed by atoms with Gasteiger partial charge in [0.25, 0.3) is 0 Å². The van der Waals surface area contributed by atoms with Gasteiger partial charge in [0.2, 0.25) is 0 Å². The molecule has 0 fully saturated rings. The van der Waals surface area contributed by atoms with Crippen LogP contribution in [0.3, 0.4) is 0 Å². The van der Waals surface area contributed by atoms with E-state index in [1.807, 2.05) is 0 Å². The zero-order chi connectivity index (χ0) is 8.43. The van der Waals surface area contributed by atoms with Crippen LogP contribution >= 0.6 is 11.6 Å². The summed E-state index contributed by atoms with van der Waals surface area (Å²) in [4.78, 5) is 0. The summed E-state index contributed by atoms with van der Waals surface area (Å²) in [7, 11) is 0. The summed E-state index contributed by atoms with van der Waals surface area (Å²) in [5, 5.41) is 0.276. The highest BCUT2D eigenvalue weighted by atomic mass is 35.5. The minimum Gasteiger partial charge on any atom is -0.246 e. The van der Waals surface area contributed by atoms with Gasteiger partial charge in [-0.3, -0.25) is 0 Å². The summed E-state index contributed by atoms with van der Waals surface area (Å²) in [6, 6.07) is 2.33. The van der Waals surface area contributed by atoms with E-state index in [2.05, 4.69) is 0 Å². The molecule has 0 aliphatic carbocycles. The lowest BCUT2D eigenvalue weighted by molar-refractivity contribution is 0.480. The summed E-state index contributed by atoms with van der Waals surface area (Å²) in [6.07, 6.45) is 0. The molecule has 0 saturated carbocycles. The van der Waals surface area contributed by atoms with Crippen LogP contribution in [0.1, 0.15) is 11.1 Å². The zero-order valence-electron chi connectivity index (χ0n) is 6.00. The minimum absolute atomic E-state index is 0.276. The maximum absolute atomic E-state index is 12.5. The fourth-order valence-electron chi connectivity index (χ4n) is 0.838. The molecule has 0 aliphatic heterocycles. The molecule has 0 radical (unpaired) electrons. The Balaban J connectivity index is 3.24. The van der Waals surface area contributed by atoms with Crippen molar-refractivity contribution in [3.63, 3.8) is 0 Å². The SMILES string of the molecule is Cc1c(Cl)cc(F)cc1CF. The average Bonchev–Trinajstić information content (AvgIpc) is 1.96. The molecule has 60 valence electrons. The number of hydrogen-bond acceptors (Lipinski definition) is 0. The van der Waals surface area contributed by atoms with Crippen molar-refractivity contribution in [3.8, 4) is 0 Å². The molecule has 0 aliphatic rings. The second kappa shape index (κ2) is 3.18. The standard InChI is InChI=1S/C8H7ClF2/c1-5-6(4-10)2-7(11)3-8(5)9/h2-3H,4H2,1H3. The molecule has 0 nitrogen and oxygen atoms in total. The highest BCUT2D eigenvalue weighted by Gasteiger charge is 2.04. The molecule has 3 heteroatoms. The van der Waals surface area contributed by atoms with E-state index in [1.165, 1.54) is 6.07 Å². The van der Waals surface area contributed by atoms with Gasteiger partial charge in [-0.1, -0.05) is 11.6 Å². The highest BCUT2D eigenvalue weighted by molar-refractivity contribution is 6.31. The molecule has 0 N–H and O–H groups in total. The Labute approximate surface area is 68.8 Å². The van der Waals surface area contributed by atoms with E-state index in [-0.39, 0.29) is 5.02 Å². The quantitative estimate of drug-likeness (QED) is 0.616. The van der Waals surface area contributed by atoms with E-state index in [9.17, 15) is 8.78 Å². The monoisotopic (exact) mass is 176 g/mol. The van der Waals surface area contributed by atoms with Crippen LogP contribution in [0.25, 0.3) is 0 Å². The second-order valence-corrected chi connectivity index (χ2v) is 2.71. The Morgan fingerprint density at radius 1 is 1.45 bits per heavy atom. The van der Waals surface area contributed by atoms with Gasteiger partial charge < -0.3 is 0 Å².